The Morgan fingerprint density at radius 3 is 2.44 bits per heavy atom. The number of nitrogens with one attached hydrogen (secondary N) is 1. The summed E-state index contributed by atoms with van der Waals surface area (Å²) in [6.07, 6.45) is 1.36. The molecule has 0 aliphatic carbocycles. The number of hydrogen-bond donors (Lipinski definition) is 1. The van der Waals surface area contributed by atoms with E-state index < -0.39 is 18.5 Å². The number of amides is 1. The van der Waals surface area contributed by atoms with Gasteiger partial charge in [0, 0.05) is 5.69 Å². The zero-order valence-electron chi connectivity index (χ0n) is 14.2. The third-order valence-electron chi connectivity index (χ3n) is 3.30. The fraction of sp³-hybridized carbons (Fsp3) is 0.105. The number of esters is 1. The third kappa shape index (κ3) is 6.03. The molecular formula is C19H14Cl2N2O4. The van der Waals surface area contributed by atoms with Crippen molar-refractivity contribution in [1.82, 2.24) is 0 Å². The predicted octanol–water partition coefficient (Wildman–Crippen LogP) is 4.09. The first kappa shape index (κ1) is 20.3. The minimum atomic E-state index is -0.905. The summed E-state index contributed by atoms with van der Waals surface area (Å²) in [5.74, 6) is -0.840. The molecule has 0 heterocycles. The van der Waals surface area contributed by atoms with Crippen molar-refractivity contribution in [3.8, 4) is 11.8 Å². The van der Waals surface area contributed by atoms with Crippen LogP contribution in [0.5, 0.6) is 5.75 Å². The Bertz CT molecular complexity index is 918. The van der Waals surface area contributed by atoms with Crippen LogP contribution >= 0.6 is 23.2 Å². The van der Waals surface area contributed by atoms with Gasteiger partial charge in [-0.1, -0.05) is 35.3 Å². The van der Waals surface area contributed by atoms with Crippen LogP contribution in [0.3, 0.4) is 0 Å². The zero-order chi connectivity index (χ0) is 19.8. The Hall–Kier alpha value is -3.01. The predicted molar refractivity (Wildman–Crippen MR) is 103 cm³/mol. The lowest BCUT2D eigenvalue weighted by Crippen LogP contribution is -2.21. The average molecular weight is 405 g/mol. The molecule has 2 aromatic rings. The van der Waals surface area contributed by atoms with Crippen LogP contribution in [0, 0.1) is 11.3 Å². The van der Waals surface area contributed by atoms with Crippen LogP contribution in [-0.4, -0.2) is 25.6 Å². The topological polar surface area (TPSA) is 88.4 Å². The third-order valence-corrected chi connectivity index (χ3v) is 4.04. The van der Waals surface area contributed by atoms with E-state index >= 15 is 0 Å². The van der Waals surface area contributed by atoms with Gasteiger partial charge in [0.1, 0.15) is 17.4 Å². The number of nitrogens with zero attached hydrogens (tertiary/aromatic N) is 1. The second kappa shape index (κ2) is 9.62. The van der Waals surface area contributed by atoms with Crippen molar-refractivity contribution in [2.24, 2.45) is 0 Å². The quantitative estimate of drug-likeness (QED) is 0.444. The van der Waals surface area contributed by atoms with Gasteiger partial charge in [-0.05, 0) is 42.0 Å². The summed E-state index contributed by atoms with van der Waals surface area (Å²) in [4.78, 5) is 23.9. The van der Waals surface area contributed by atoms with E-state index in [9.17, 15) is 9.59 Å². The summed E-state index contributed by atoms with van der Waals surface area (Å²) in [5.41, 5.74) is 0.784. The standard InChI is InChI=1S/C19H14Cl2N2O4/c1-26-15-5-2-12(3-6-15)8-13(10-22)19(25)27-11-18(24)23-14-4-7-16(20)17(21)9-14/h2-9H,11H2,1H3,(H,23,24)/b13-8+. The summed E-state index contributed by atoms with van der Waals surface area (Å²) >= 11 is 11.7. The number of benzene rings is 2. The van der Waals surface area contributed by atoms with Gasteiger partial charge in [-0.2, -0.15) is 5.26 Å². The van der Waals surface area contributed by atoms with Gasteiger partial charge in [0.2, 0.25) is 0 Å². The van der Waals surface area contributed by atoms with E-state index in [-0.39, 0.29) is 10.6 Å². The maximum Gasteiger partial charge on any atom is 0.349 e. The molecule has 138 valence electrons. The molecule has 0 radical (unpaired) electrons. The SMILES string of the molecule is COc1ccc(/C=C(\C#N)C(=O)OCC(=O)Nc2ccc(Cl)c(Cl)c2)cc1. The molecule has 27 heavy (non-hydrogen) atoms. The molecule has 6 nitrogen and oxygen atoms in total. The number of ether oxygens (including phenoxy) is 2. The van der Waals surface area contributed by atoms with Crippen LogP contribution in [0.2, 0.25) is 10.0 Å². The zero-order valence-corrected chi connectivity index (χ0v) is 15.7. The number of anilines is 1. The highest BCUT2D eigenvalue weighted by Crippen LogP contribution is 2.24. The molecule has 0 spiro atoms. The average Bonchev–Trinajstić information content (AvgIpc) is 2.67. The van der Waals surface area contributed by atoms with Crippen molar-refractivity contribution in [2.45, 2.75) is 0 Å². The lowest BCUT2D eigenvalue weighted by atomic mass is 10.1. The number of halogens is 2. The molecule has 0 fully saturated rings. The van der Waals surface area contributed by atoms with Gasteiger partial charge in [-0.3, -0.25) is 4.79 Å². The van der Waals surface area contributed by atoms with Gasteiger partial charge >= 0.3 is 5.97 Å². The van der Waals surface area contributed by atoms with Crippen LogP contribution in [0.25, 0.3) is 6.08 Å². The van der Waals surface area contributed by atoms with Crippen molar-refractivity contribution in [2.75, 3.05) is 19.0 Å². The monoisotopic (exact) mass is 404 g/mol. The minimum absolute atomic E-state index is 0.234. The Labute approximate surface area is 165 Å². The Balaban J connectivity index is 1.95. The number of nitriles is 1. The first-order valence-corrected chi connectivity index (χ1v) is 8.36. The van der Waals surface area contributed by atoms with Gasteiger partial charge in [-0.15, -0.1) is 0 Å². The number of hydrogen-bond acceptors (Lipinski definition) is 5. The highest BCUT2D eigenvalue weighted by molar-refractivity contribution is 6.42. The summed E-state index contributed by atoms with van der Waals surface area (Å²) in [5, 5.41) is 12.3. The highest BCUT2D eigenvalue weighted by Gasteiger charge is 2.13. The van der Waals surface area contributed by atoms with E-state index in [1.165, 1.54) is 25.3 Å². The largest absolute Gasteiger partial charge is 0.497 e. The van der Waals surface area contributed by atoms with Crippen molar-refractivity contribution < 1.29 is 19.1 Å². The lowest BCUT2D eigenvalue weighted by molar-refractivity contribution is -0.142. The lowest BCUT2D eigenvalue weighted by Gasteiger charge is -2.07. The normalized spacial score (nSPS) is 10.7. The first-order chi connectivity index (χ1) is 12.9. The molecule has 2 rings (SSSR count). The van der Waals surface area contributed by atoms with Crippen molar-refractivity contribution in [3.63, 3.8) is 0 Å². The van der Waals surface area contributed by atoms with Crippen LogP contribution in [0.4, 0.5) is 5.69 Å². The van der Waals surface area contributed by atoms with Gasteiger partial charge in [0.25, 0.3) is 5.91 Å². The smallest absolute Gasteiger partial charge is 0.349 e. The van der Waals surface area contributed by atoms with Gasteiger partial charge < -0.3 is 14.8 Å². The molecule has 0 aromatic heterocycles. The summed E-state index contributed by atoms with van der Waals surface area (Å²) in [6.45, 7) is -0.555. The fourth-order valence-corrected chi connectivity index (χ4v) is 2.28. The van der Waals surface area contributed by atoms with Crippen molar-refractivity contribution in [1.29, 1.82) is 5.26 Å². The van der Waals surface area contributed by atoms with Crippen LogP contribution in [0.1, 0.15) is 5.56 Å². The van der Waals surface area contributed by atoms with E-state index in [1.54, 1.807) is 36.4 Å². The Kier molecular flexibility index (Phi) is 7.24. The summed E-state index contributed by atoms with van der Waals surface area (Å²) < 4.78 is 9.91. The molecule has 0 saturated heterocycles. The molecule has 2 aromatic carbocycles. The van der Waals surface area contributed by atoms with E-state index in [0.29, 0.717) is 22.0 Å². The number of methoxy groups -OCH3 is 1. The van der Waals surface area contributed by atoms with Crippen LogP contribution < -0.4 is 10.1 Å². The molecule has 0 atom stereocenters. The van der Waals surface area contributed by atoms with E-state index in [0.717, 1.165) is 0 Å². The molecule has 1 N–H and O–H groups in total. The second-order valence-electron chi connectivity index (χ2n) is 5.20. The van der Waals surface area contributed by atoms with Crippen molar-refractivity contribution >= 4 is 46.8 Å². The van der Waals surface area contributed by atoms with Crippen LogP contribution in [-0.2, 0) is 14.3 Å². The van der Waals surface area contributed by atoms with E-state index in [2.05, 4.69) is 5.32 Å². The van der Waals surface area contributed by atoms with Crippen molar-refractivity contribution in [3.05, 3.63) is 63.6 Å². The number of carbonyl (C=O) groups is 2. The maximum atomic E-state index is 12.0. The highest BCUT2D eigenvalue weighted by atomic mass is 35.5. The Morgan fingerprint density at radius 2 is 1.85 bits per heavy atom. The number of rotatable bonds is 6. The molecule has 0 aliphatic heterocycles. The number of carbonyl (C=O) groups excluding carboxylic acids is 2. The molecule has 8 heteroatoms. The van der Waals surface area contributed by atoms with Gasteiger partial charge in [-0.25, -0.2) is 4.79 Å². The minimum Gasteiger partial charge on any atom is -0.497 e. The maximum absolute atomic E-state index is 12.0. The van der Waals surface area contributed by atoms with Gasteiger partial charge in [0.15, 0.2) is 6.61 Å². The fourth-order valence-electron chi connectivity index (χ4n) is 1.98. The first-order valence-electron chi connectivity index (χ1n) is 7.61. The molecule has 1 amide bonds. The Morgan fingerprint density at radius 1 is 1.15 bits per heavy atom. The molecular weight excluding hydrogens is 391 g/mol. The van der Waals surface area contributed by atoms with Crippen LogP contribution in [0.15, 0.2) is 48.0 Å². The summed E-state index contributed by atoms with van der Waals surface area (Å²) in [7, 11) is 1.53. The van der Waals surface area contributed by atoms with Gasteiger partial charge in [0.05, 0.1) is 17.2 Å². The second-order valence-corrected chi connectivity index (χ2v) is 6.01. The molecule has 0 aliphatic rings. The molecule has 0 saturated carbocycles. The van der Waals surface area contributed by atoms with E-state index in [1.807, 2.05) is 0 Å². The van der Waals surface area contributed by atoms with E-state index in [4.69, 9.17) is 37.9 Å². The molecule has 0 bridgehead atoms. The summed E-state index contributed by atoms with van der Waals surface area (Å²) in [6, 6.07) is 13.0. The molecule has 0 unspecified atom stereocenters.